The Labute approximate surface area is 184 Å². The van der Waals surface area contributed by atoms with Crippen molar-refractivity contribution in [1.29, 1.82) is 0 Å². The zero-order valence-electron chi connectivity index (χ0n) is 17.5. The van der Waals surface area contributed by atoms with Crippen LogP contribution in [0.3, 0.4) is 0 Å². The molecule has 0 fully saturated rings. The number of para-hydroxylation sites is 1. The minimum Gasteiger partial charge on any atom is -0.384 e. The number of fused-ring (bicyclic) bond motifs is 2. The number of aromatic nitrogens is 1. The largest absolute Gasteiger partial charge is 0.384 e. The molecule has 0 aliphatic heterocycles. The number of hydrogen-bond donors (Lipinski definition) is 1. The monoisotopic (exact) mass is 417 g/mol. The van der Waals surface area contributed by atoms with Crippen molar-refractivity contribution in [3.63, 3.8) is 0 Å². The van der Waals surface area contributed by atoms with Crippen LogP contribution < -0.4 is 5.32 Å². The van der Waals surface area contributed by atoms with Gasteiger partial charge in [-0.1, -0.05) is 66.7 Å². The second-order valence-electron chi connectivity index (χ2n) is 7.60. The highest BCUT2D eigenvalue weighted by atomic mass is 35.5. The average molecular weight is 418 g/mol. The molecule has 154 valence electrons. The number of pyridine rings is 1. The second kappa shape index (κ2) is 10.2. The predicted molar refractivity (Wildman–Crippen MR) is 134 cm³/mol. The Balaban J connectivity index is 0.00000256. The summed E-state index contributed by atoms with van der Waals surface area (Å²) in [4.78, 5) is 7.07. The lowest BCUT2D eigenvalue weighted by Crippen LogP contribution is -2.16. The van der Waals surface area contributed by atoms with Crippen molar-refractivity contribution in [2.24, 2.45) is 0 Å². The molecule has 3 aromatic carbocycles. The molecule has 0 saturated heterocycles. The van der Waals surface area contributed by atoms with Crippen molar-refractivity contribution in [1.82, 2.24) is 9.88 Å². The number of benzene rings is 3. The second-order valence-corrected chi connectivity index (χ2v) is 7.60. The van der Waals surface area contributed by atoms with E-state index >= 15 is 0 Å². The molecule has 0 radical (unpaired) electrons. The average Bonchev–Trinajstić information content (AvgIpc) is 2.75. The van der Waals surface area contributed by atoms with Crippen molar-refractivity contribution in [2.75, 3.05) is 32.5 Å². The standard InChI is InChI=1S/C26H27N3.ClH/c1-29(2)18-8-17-27-26-19-22(28-25-14-6-5-13-24(25)26)16-15-21-11-7-10-20-9-3-4-12-23(20)21;/h3-7,9-16,19H,8,17-18H2,1-2H3,(H,27,28);1H/b16-15+;. The van der Waals surface area contributed by atoms with Gasteiger partial charge in [-0.2, -0.15) is 0 Å². The topological polar surface area (TPSA) is 28.2 Å². The van der Waals surface area contributed by atoms with Crippen LogP contribution in [0.1, 0.15) is 17.7 Å². The van der Waals surface area contributed by atoms with E-state index in [0.29, 0.717) is 0 Å². The summed E-state index contributed by atoms with van der Waals surface area (Å²) in [6.45, 7) is 2.02. The first-order valence-corrected chi connectivity index (χ1v) is 10.1. The molecule has 0 bridgehead atoms. The Morgan fingerprint density at radius 3 is 2.43 bits per heavy atom. The first-order valence-electron chi connectivity index (χ1n) is 10.1. The van der Waals surface area contributed by atoms with E-state index in [2.05, 4.69) is 103 Å². The molecule has 0 spiro atoms. The fourth-order valence-electron chi connectivity index (χ4n) is 3.62. The van der Waals surface area contributed by atoms with E-state index < -0.39 is 0 Å². The van der Waals surface area contributed by atoms with E-state index in [-0.39, 0.29) is 12.4 Å². The number of rotatable bonds is 7. The maximum absolute atomic E-state index is 4.85. The van der Waals surface area contributed by atoms with Gasteiger partial charge >= 0.3 is 0 Å². The lowest BCUT2D eigenvalue weighted by molar-refractivity contribution is 0.405. The highest BCUT2D eigenvalue weighted by Gasteiger charge is 2.05. The normalized spacial score (nSPS) is 11.3. The molecule has 4 heteroatoms. The zero-order chi connectivity index (χ0) is 20.1. The van der Waals surface area contributed by atoms with E-state index in [1.807, 2.05) is 6.07 Å². The number of anilines is 1. The lowest BCUT2D eigenvalue weighted by Gasteiger charge is -2.13. The molecule has 30 heavy (non-hydrogen) atoms. The summed E-state index contributed by atoms with van der Waals surface area (Å²) in [5.74, 6) is 0. The van der Waals surface area contributed by atoms with Crippen molar-refractivity contribution in [3.8, 4) is 0 Å². The van der Waals surface area contributed by atoms with Crippen molar-refractivity contribution >= 4 is 51.9 Å². The summed E-state index contributed by atoms with van der Waals surface area (Å²) in [7, 11) is 4.22. The van der Waals surface area contributed by atoms with Crippen LogP contribution in [0, 0.1) is 0 Å². The quantitative estimate of drug-likeness (QED) is 0.355. The Morgan fingerprint density at radius 1 is 0.867 bits per heavy atom. The first kappa shape index (κ1) is 21.8. The fourth-order valence-corrected chi connectivity index (χ4v) is 3.62. The Hall–Kier alpha value is -2.88. The van der Waals surface area contributed by atoms with Crippen LogP contribution >= 0.6 is 12.4 Å². The van der Waals surface area contributed by atoms with Gasteiger partial charge in [-0.25, -0.2) is 4.98 Å². The van der Waals surface area contributed by atoms with E-state index in [0.717, 1.165) is 36.4 Å². The third kappa shape index (κ3) is 5.18. The minimum absolute atomic E-state index is 0. The molecule has 0 amide bonds. The molecule has 0 unspecified atom stereocenters. The van der Waals surface area contributed by atoms with E-state index in [9.17, 15) is 0 Å². The number of hydrogen-bond acceptors (Lipinski definition) is 3. The molecule has 0 atom stereocenters. The summed E-state index contributed by atoms with van der Waals surface area (Å²) >= 11 is 0. The van der Waals surface area contributed by atoms with Crippen LogP contribution in [0.25, 0.3) is 33.8 Å². The summed E-state index contributed by atoms with van der Waals surface area (Å²) in [6, 6.07) is 25.4. The Morgan fingerprint density at radius 2 is 1.60 bits per heavy atom. The molecule has 1 aromatic heterocycles. The molecule has 3 nitrogen and oxygen atoms in total. The zero-order valence-corrected chi connectivity index (χ0v) is 18.3. The molecular weight excluding hydrogens is 390 g/mol. The highest BCUT2D eigenvalue weighted by Crippen LogP contribution is 2.25. The molecule has 4 aromatic rings. The molecular formula is C26H28ClN3. The number of nitrogens with one attached hydrogen (secondary N) is 1. The molecule has 0 saturated carbocycles. The molecule has 4 rings (SSSR count). The predicted octanol–water partition coefficient (Wildman–Crippen LogP) is 6.34. The van der Waals surface area contributed by atoms with Gasteiger partial charge < -0.3 is 10.2 Å². The highest BCUT2D eigenvalue weighted by molar-refractivity contribution is 5.95. The molecule has 0 aliphatic carbocycles. The third-order valence-electron chi connectivity index (χ3n) is 5.09. The van der Waals surface area contributed by atoms with Gasteiger partial charge in [0.15, 0.2) is 0 Å². The van der Waals surface area contributed by atoms with Crippen LogP contribution in [-0.4, -0.2) is 37.1 Å². The maximum atomic E-state index is 4.85. The van der Waals surface area contributed by atoms with E-state index in [1.54, 1.807) is 0 Å². The van der Waals surface area contributed by atoms with Gasteiger partial charge in [0.25, 0.3) is 0 Å². The fraction of sp³-hybridized carbons (Fsp3) is 0.192. The molecule has 1 heterocycles. The van der Waals surface area contributed by atoms with E-state index in [1.165, 1.54) is 21.7 Å². The third-order valence-corrected chi connectivity index (χ3v) is 5.09. The van der Waals surface area contributed by atoms with Gasteiger partial charge in [0.05, 0.1) is 11.2 Å². The summed E-state index contributed by atoms with van der Waals surface area (Å²) in [5, 5.41) is 7.29. The van der Waals surface area contributed by atoms with Crippen molar-refractivity contribution in [3.05, 3.63) is 84.1 Å². The maximum Gasteiger partial charge on any atom is 0.0730 e. The van der Waals surface area contributed by atoms with Gasteiger partial charge in [-0.3, -0.25) is 0 Å². The number of nitrogens with zero attached hydrogens (tertiary/aromatic N) is 2. The molecule has 1 N–H and O–H groups in total. The van der Waals surface area contributed by atoms with Gasteiger partial charge in [-0.05, 0) is 61.6 Å². The van der Waals surface area contributed by atoms with Crippen molar-refractivity contribution < 1.29 is 0 Å². The smallest absolute Gasteiger partial charge is 0.0730 e. The lowest BCUT2D eigenvalue weighted by atomic mass is 10.0. The first-order chi connectivity index (χ1) is 14.2. The van der Waals surface area contributed by atoms with Crippen LogP contribution in [0.4, 0.5) is 5.69 Å². The van der Waals surface area contributed by atoms with Crippen LogP contribution in [0.15, 0.2) is 72.8 Å². The number of halogens is 1. The van der Waals surface area contributed by atoms with Gasteiger partial charge in [0.1, 0.15) is 0 Å². The summed E-state index contributed by atoms with van der Waals surface area (Å²) in [5.41, 5.74) is 4.33. The minimum atomic E-state index is 0. The van der Waals surface area contributed by atoms with Gasteiger partial charge in [-0.15, -0.1) is 12.4 Å². The Bertz CT molecular complexity index is 1150. The van der Waals surface area contributed by atoms with Crippen LogP contribution in [0.5, 0.6) is 0 Å². The van der Waals surface area contributed by atoms with Crippen LogP contribution in [-0.2, 0) is 0 Å². The Kier molecular flexibility index (Phi) is 7.45. The summed E-state index contributed by atoms with van der Waals surface area (Å²) < 4.78 is 0. The van der Waals surface area contributed by atoms with E-state index in [4.69, 9.17) is 4.98 Å². The van der Waals surface area contributed by atoms with Gasteiger partial charge in [0.2, 0.25) is 0 Å². The van der Waals surface area contributed by atoms with Crippen LogP contribution in [0.2, 0.25) is 0 Å². The van der Waals surface area contributed by atoms with Crippen molar-refractivity contribution in [2.45, 2.75) is 6.42 Å². The SMILES string of the molecule is CN(C)CCCNc1cc(/C=C/c2cccc3ccccc23)nc2ccccc12.Cl. The molecule has 0 aliphatic rings. The summed E-state index contributed by atoms with van der Waals surface area (Å²) in [6.07, 6.45) is 5.37. The van der Waals surface area contributed by atoms with Gasteiger partial charge in [0, 0.05) is 17.6 Å².